The third kappa shape index (κ3) is 12.6. The molecule has 1 unspecified atom stereocenters. The molecule has 4 rings (SSSR count). The van der Waals surface area contributed by atoms with Crippen LogP contribution in [0.3, 0.4) is 0 Å². The van der Waals surface area contributed by atoms with E-state index in [4.69, 9.17) is 29.5 Å². The summed E-state index contributed by atoms with van der Waals surface area (Å²) in [7, 11) is -5.46. The predicted molar refractivity (Wildman–Crippen MR) is 206 cm³/mol. The molecule has 0 saturated heterocycles. The molecule has 4 aromatic rings. The number of carboxylic acid groups (broad SMARTS) is 2. The molecule has 0 aliphatic carbocycles. The van der Waals surface area contributed by atoms with Crippen molar-refractivity contribution in [1.82, 2.24) is 0 Å². The molecule has 0 saturated carbocycles. The van der Waals surface area contributed by atoms with Gasteiger partial charge < -0.3 is 29.2 Å². The van der Waals surface area contributed by atoms with Gasteiger partial charge in [0.05, 0.1) is 49.7 Å². The van der Waals surface area contributed by atoms with Crippen molar-refractivity contribution in [1.29, 1.82) is 10.5 Å². The molecular weight excluding hydrogens is 741 g/mol. The molecule has 0 aliphatic rings. The van der Waals surface area contributed by atoms with Gasteiger partial charge >= 0.3 is 11.9 Å². The van der Waals surface area contributed by atoms with Crippen LogP contribution in [0.5, 0.6) is 11.5 Å². The minimum Gasteiger partial charge on any atom is -0.494 e. The number of hydrogen-bond donors (Lipinski definition) is 3. The van der Waals surface area contributed by atoms with Crippen LogP contribution in [-0.4, -0.2) is 72.6 Å². The number of nitriles is 2. The second kappa shape index (κ2) is 21.4. The van der Waals surface area contributed by atoms with Gasteiger partial charge in [0.25, 0.3) is 15.9 Å². The molecule has 4 aromatic carbocycles. The topological polar surface area (TPSA) is 213 Å². The Morgan fingerprint density at radius 2 is 0.875 bits per heavy atom. The fourth-order valence-electron chi connectivity index (χ4n) is 5.82. The summed E-state index contributed by atoms with van der Waals surface area (Å²) in [5.41, 5.74) is 5.07. The van der Waals surface area contributed by atoms with Crippen LogP contribution < -0.4 is 9.47 Å². The molecule has 3 N–H and O–H groups in total. The van der Waals surface area contributed by atoms with Gasteiger partial charge in [-0.05, 0) is 109 Å². The molecule has 56 heavy (non-hydrogen) atoms. The third-order valence-electron chi connectivity index (χ3n) is 8.82. The van der Waals surface area contributed by atoms with E-state index in [1.807, 2.05) is 72.8 Å². The fraction of sp³-hybridized carbons (Fsp3) is 0.333. The molecule has 0 aliphatic heterocycles. The van der Waals surface area contributed by atoms with Crippen LogP contribution in [0.4, 0.5) is 0 Å². The van der Waals surface area contributed by atoms with Crippen LogP contribution >= 0.6 is 0 Å². The fourth-order valence-corrected chi connectivity index (χ4v) is 6.70. The molecule has 0 amide bonds. The van der Waals surface area contributed by atoms with Crippen molar-refractivity contribution in [3.8, 4) is 45.9 Å². The lowest BCUT2D eigenvalue weighted by molar-refractivity contribution is -0.247. The molecule has 0 spiro atoms. The van der Waals surface area contributed by atoms with Crippen molar-refractivity contribution in [2.24, 2.45) is 0 Å². The zero-order chi connectivity index (χ0) is 40.4. The second-order valence-electron chi connectivity index (χ2n) is 12.9. The predicted octanol–water partition coefficient (Wildman–Crippen LogP) is 7.50. The maximum absolute atomic E-state index is 12.4. The number of carboxylic acids is 2. The van der Waals surface area contributed by atoms with Crippen molar-refractivity contribution in [3.63, 3.8) is 0 Å². The number of hydrogen-bond acceptors (Lipinski definition) is 10. The maximum atomic E-state index is 12.4. The van der Waals surface area contributed by atoms with Crippen molar-refractivity contribution < 1.29 is 51.7 Å². The average Bonchev–Trinajstić information content (AvgIpc) is 3.19. The lowest BCUT2D eigenvalue weighted by Gasteiger charge is -2.32. The minimum atomic E-state index is -5.46. The first kappa shape index (κ1) is 43.0. The normalized spacial score (nSPS) is 11.9. The summed E-state index contributed by atoms with van der Waals surface area (Å²) >= 11 is 0. The van der Waals surface area contributed by atoms with Crippen LogP contribution in [0.1, 0.15) is 62.5 Å². The second-order valence-corrected chi connectivity index (χ2v) is 14.4. The zero-order valence-corrected chi connectivity index (χ0v) is 31.5. The summed E-state index contributed by atoms with van der Waals surface area (Å²) in [5.74, 6) is -5.93. The van der Waals surface area contributed by atoms with E-state index in [-0.39, 0.29) is 26.1 Å². The molecular formula is C42H44N2O11S. The Morgan fingerprint density at radius 1 is 0.554 bits per heavy atom. The molecule has 0 aromatic heterocycles. The van der Waals surface area contributed by atoms with Crippen LogP contribution in [-0.2, 0) is 29.2 Å². The third-order valence-corrected chi connectivity index (χ3v) is 9.92. The lowest BCUT2D eigenvalue weighted by Crippen LogP contribution is -2.60. The summed E-state index contributed by atoms with van der Waals surface area (Å²) < 4.78 is 56.3. The SMILES string of the molecule is N#Cc1ccc(-c2ccc(OCCCCCCOC(OCCCCCCOc3ccc(-c4ccc(C#N)cc4)cc3)(C(=O)O)C(C(=O)O)S(=O)(=O)O)cc2)cc1. The number of nitrogens with zero attached hydrogens (tertiary/aromatic N) is 2. The Bertz CT molecular complexity index is 1940. The van der Waals surface area contributed by atoms with Gasteiger partial charge in [-0.2, -0.15) is 18.9 Å². The summed E-state index contributed by atoms with van der Waals surface area (Å²) in [6.45, 7) is 0.136. The molecule has 0 heterocycles. The van der Waals surface area contributed by atoms with Gasteiger partial charge in [0, 0.05) is 0 Å². The van der Waals surface area contributed by atoms with Gasteiger partial charge in [-0.15, -0.1) is 0 Å². The molecule has 0 radical (unpaired) electrons. The first-order chi connectivity index (χ1) is 27.0. The monoisotopic (exact) mass is 784 g/mol. The highest BCUT2D eigenvalue weighted by atomic mass is 32.2. The Morgan fingerprint density at radius 3 is 1.16 bits per heavy atom. The van der Waals surface area contributed by atoms with E-state index in [9.17, 15) is 32.8 Å². The average molecular weight is 785 g/mol. The van der Waals surface area contributed by atoms with Crippen LogP contribution in [0.2, 0.25) is 0 Å². The van der Waals surface area contributed by atoms with Crippen molar-refractivity contribution in [3.05, 3.63) is 108 Å². The molecule has 0 fully saturated rings. The Kier molecular flexibility index (Phi) is 16.4. The van der Waals surface area contributed by atoms with Crippen LogP contribution in [0, 0.1) is 22.7 Å². The standard InChI is InChI=1S/C42H44N2O11S/c43-29-31-9-13-33(14-10-31)35-17-21-37(22-18-35)52-25-5-1-3-7-27-54-42(41(47)48,39(40(45)46)56(49,50)51)55-28-8-4-2-6-26-53-38-23-19-36(20-24-38)34-15-11-32(30-44)12-16-34/h9-24,39H,1-8,25-28H2,(H,45,46)(H,47,48)(H,49,50,51). The number of rotatable bonds is 24. The number of benzene rings is 4. The van der Waals surface area contributed by atoms with Crippen LogP contribution in [0.25, 0.3) is 22.3 Å². The highest BCUT2D eigenvalue weighted by Gasteiger charge is 2.59. The summed E-state index contributed by atoms with van der Waals surface area (Å²) in [5, 5.41) is 34.7. The van der Waals surface area contributed by atoms with Crippen molar-refractivity contribution >= 4 is 22.1 Å². The largest absolute Gasteiger partial charge is 0.494 e. The summed E-state index contributed by atoms with van der Waals surface area (Å²) in [6.07, 6.45) is 4.19. The smallest absolute Gasteiger partial charge is 0.366 e. The molecule has 0 bridgehead atoms. The van der Waals surface area contributed by atoms with Gasteiger partial charge in [-0.3, -0.25) is 9.35 Å². The van der Waals surface area contributed by atoms with E-state index in [2.05, 4.69) is 12.1 Å². The van der Waals surface area contributed by atoms with E-state index in [1.165, 1.54) is 0 Å². The lowest BCUT2D eigenvalue weighted by atomic mass is 10.0. The Balaban J connectivity index is 1.17. The molecule has 13 nitrogen and oxygen atoms in total. The van der Waals surface area contributed by atoms with Gasteiger partial charge in [0.2, 0.25) is 5.25 Å². The number of ether oxygens (including phenoxy) is 4. The molecule has 14 heteroatoms. The molecule has 1 atom stereocenters. The summed E-state index contributed by atoms with van der Waals surface area (Å²) in [4.78, 5) is 24.4. The van der Waals surface area contributed by atoms with Gasteiger partial charge in [0.15, 0.2) is 0 Å². The van der Waals surface area contributed by atoms with Gasteiger partial charge in [-0.1, -0.05) is 61.4 Å². The number of aliphatic carboxylic acids is 2. The highest BCUT2D eigenvalue weighted by Crippen LogP contribution is 2.28. The van der Waals surface area contributed by atoms with E-state index >= 15 is 0 Å². The maximum Gasteiger partial charge on any atom is 0.366 e. The first-order valence-corrected chi connectivity index (χ1v) is 19.6. The Labute approximate surface area is 326 Å². The van der Waals surface area contributed by atoms with E-state index < -0.39 is 33.1 Å². The zero-order valence-electron chi connectivity index (χ0n) is 30.7. The van der Waals surface area contributed by atoms with Gasteiger partial charge in [-0.25, -0.2) is 4.79 Å². The highest BCUT2D eigenvalue weighted by molar-refractivity contribution is 7.87. The number of carbonyl (C=O) groups is 2. The van der Waals surface area contributed by atoms with E-state index in [1.54, 1.807) is 24.3 Å². The van der Waals surface area contributed by atoms with Gasteiger partial charge in [0.1, 0.15) is 11.5 Å². The quantitative estimate of drug-likeness (QED) is 0.0357. The van der Waals surface area contributed by atoms with E-state index in [0.717, 1.165) is 22.3 Å². The van der Waals surface area contributed by atoms with Crippen molar-refractivity contribution in [2.75, 3.05) is 26.4 Å². The first-order valence-electron chi connectivity index (χ1n) is 18.1. The van der Waals surface area contributed by atoms with E-state index in [0.29, 0.717) is 74.4 Å². The Hall–Kier alpha value is -5.77. The number of unbranched alkanes of at least 4 members (excludes halogenated alkanes) is 6. The van der Waals surface area contributed by atoms with Crippen molar-refractivity contribution in [2.45, 2.75) is 62.4 Å². The minimum absolute atomic E-state index is 0.258. The summed E-state index contributed by atoms with van der Waals surface area (Å²) in [6, 6.07) is 33.7. The molecule has 294 valence electrons. The van der Waals surface area contributed by atoms with Crippen LogP contribution in [0.15, 0.2) is 97.1 Å².